The van der Waals surface area contributed by atoms with Gasteiger partial charge in [-0.1, -0.05) is 84.7 Å². The van der Waals surface area contributed by atoms with Crippen molar-refractivity contribution in [2.45, 2.75) is 94.8 Å². The summed E-state index contributed by atoms with van der Waals surface area (Å²) in [7, 11) is 0. The third-order valence-electron chi connectivity index (χ3n) is 14.4. The van der Waals surface area contributed by atoms with Crippen LogP contribution in [0.25, 0.3) is 10.8 Å². The van der Waals surface area contributed by atoms with Gasteiger partial charge in [-0.15, -0.1) is 6.58 Å². The zero-order valence-corrected chi connectivity index (χ0v) is 40.2. The minimum atomic E-state index is -1.64. The standard InChI is InChI=1S/C57H61N3O12/c1-2-30-68-57-52(59(36-41-17-12-16-39-14-3-4-19-46(39)41)56(64)70-43-24-22-42(23-25-43)60(65)66)35-50(58-72-53-21-7-10-31-67-53)48-33-40(15-5-8-28-61)47(20-6-9-29-62)54(55(48)57)49-34-45(26-27-51(49)71-57)69-44-18-11-13-38(32-44)37-63/h2-4,11-14,16-19,22-27,32-34,37,40,47,52-55,61-62H,1,5-10,15,20-21,28-31,35-36H2. The molecule has 0 spiro atoms. The van der Waals surface area contributed by atoms with E-state index >= 15 is 4.79 Å². The Balaban J connectivity index is 1.26. The van der Waals surface area contributed by atoms with Crippen LogP contribution in [0.15, 0.2) is 139 Å². The van der Waals surface area contributed by atoms with Gasteiger partial charge in [0.1, 0.15) is 35.3 Å². The molecule has 5 aromatic rings. The van der Waals surface area contributed by atoms with Gasteiger partial charge in [0.15, 0.2) is 0 Å². The number of hydrogen-bond donors (Lipinski definition) is 2. The Kier molecular flexibility index (Phi) is 16.1. The molecule has 7 atom stereocenters. The Morgan fingerprint density at radius 3 is 2.43 bits per heavy atom. The Labute approximate surface area is 418 Å². The van der Waals surface area contributed by atoms with Crippen molar-refractivity contribution in [1.82, 2.24) is 4.90 Å². The molecule has 1 saturated heterocycles. The molecule has 5 aromatic carbocycles. The summed E-state index contributed by atoms with van der Waals surface area (Å²) < 4.78 is 33.5. The molecule has 1 amide bonds. The molecule has 2 N–H and O–H groups in total. The van der Waals surface area contributed by atoms with Crippen molar-refractivity contribution in [3.05, 3.63) is 160 Å². The fourth-order valence-electron chi connectivity index (χ4n) is 11.1. The van der Waals surface area contributed by atoms with Gasteiger partial charge in [0, 0.05) is 55.2 Å². The van der Waals surface area contributed by atoms with Crippen molar-refractivity contribution >= 4 is 34.6 Å². The number of aliphatic hydroxyl groups excluding tert-OH is 2. The van der Waals surface area contributed by atoms with Crippen molar-refractivity contribution in [3.63, 3.8) is 0 Å². The first-order valence-electron chi connectivity index (χ1n) is 25.0. The van der Waals surface area contributed by atoms with Crippen LogP contribution in [0.2, 0.25) is 0 Å². The molecule has 9 rings (SSSR count). The van der Waals surface area contributed by atoms with E-state index in [1.165, 1.54) is 24.3 Å². The fraction of sp³-hybridized carbons (Fsp3) is 0.386. The number of oxime groups is 1. The zero-order valence-electron chi connectivity index (χ0n) is 40.2. The second-order valence-corrected chi connectivity index (χ2v) is 18.9. The summed E-state index contributed by atoms with van der Waals surface area (Å²) in [5, 5.41) is 38.7. The molecule has 15 nitrogen and oxygen atoms in total. The summed E-state index contributed by atoms with van der Waals surface area (Å²) in [5.74, 6) is -1.15. The van der Waals surface area contributed by atoms with E-state index in [1.54, 1.807) is 35.2 Å². The molecule has 376 valence electrons. The highest BCUT2D eigenvalue weighted by atomic mass is 16.8. The number of amides is 1. The lowest BCUT2D eigenvalue weighted by molar-refractivity contribution is -0.384. The van der Waals surface area contributed by atoms with Crippen molar-refractivity contribution in [2.24, 2.45) is 22.9 Å². The van der Waals surface area contributed by atoms with Gasteiger partial charge in [0.2, 0.25) is 12.1 Å². The number of carbonyl (C=O) groups excluding carboxylic acids is 2. The van der Waals surface area contributed by atoms with E-state index in [-0.39, 0.29) is 62.0 Å². The Morgan fingerprint density at radius 1 is 0.903 bits per heavy atom. The number of aliphatic hydroxyl groups is 2. The van der Waals surface area contributed by atoms with Crippen molar-refractivity contribution < 1.29 is 53.2 Å². The lowest BCUT2D eigenvalue weighted by Crippen LogP contribution is -2.70. The number of hydrogen-bond acceptors (Lipinski definition) is 13. The Morgan fingerprint density at radius 2 is 1.67 bits per heavy atom. The number of nitro benzene ring substituents is 1. The summed E-state index contributed by atoms with van der Waals surface area (Å²) in [4.78, 5) is 46.3. The van der Waals surface area contributed by atoms with E-state index in [0.29, 0.717) is 60.8 Å². The maximum atomic E-state index is 15.4. The van der Waals surface area contributed by atoms with Crippen LogP contribution >= 0.6 is 0 Å². The van der Waals surface area contributed by atoms with Crippen LogP contribution in [-0.4, -0.2) is 82.7 Å². The van der Waals surface area contributed by atoms with Crippen LogP contribution in [0, 0.1) is 27.9 Å². The predicted octanol–water partition coefficient (Wildman–Crippen LogP) is 11.2. The number of benzene rings is 5. The molecule has 1 saturated carbocycles. The number of aldehydes is 1. The first-order chi connectivity index (χ1) is 35.2. The average molecular weight is 980 g/mol. The molecule has 2 aliphatic heterocycles. The summed E-state index contributed by atoms with van der Waals surface area (Å²) >= 11 is 0. The van der Waals surface area contributed by atoms with Crippen LogP contribution in [0.3, 0.4) is 0 Å². The first-order valence-corrected chi connectivity index (χ1v) is 25.0. The van der Waals surface area contributed by atoms with E-state index in [4.69, 9.17) is 33.7 Å². The SMILES string of the molecule is C=CCOC12Oc3ccc(Oc4cccc(C=O)c4)cc3C3C(CCCCO)C(CCCCO)C=C(C(=NOC4CCCCO4)CC1N(Cc1cccc4ccccc14)C(=O)Oc1ccc([N+](=O)[O-])cc1)C32. The number of unbranched alkanes of at least 4 members (excludes halogenated alkanes) is 2. The zero-order chi connectivity index (χ0) is 50.0. The van der Waals surface area contributed by atoms with E-state index in [2.05, 4.69) is 12.7 Å². The normalized spacial score (nSPS) is 23.7. The molecule has 0 bridgehead atoms. The quantitative estimate of drug-likeness (QED) is 0.0233. The second-order valence-electron chi connectivity index (χ2n) is 18.9. The van der Waals surface area contributed by atoms with Gasteiger partial charge >= 0.3 is 6.09 Å². The van der Waals surface area contributed by atoms with E-state index < -0.39 is 35.1 Å². The summed E-state index contributed by atoms with van der Waals surface area (Å²) in [6, 6.07) is 30.9. The van der Waals surface area contributed by atoms with E-state index in [0.717, 1.165) is 65.9 Å². The number of carbonyl (C=O) groups is 2. The minimum Gasteiger partial charge on any atom is -0.459 e. The largest absolute Gasteiger partial charge is 0.459 e. The summed E-state index contributed by atoms with van der Waals surface area (Å²) in [5.41, 5.74) is 3.40. The van der Waals surface area contributed by atoms with Crippen LogP contribution in [0.1, 0.15) is 91.6 Å². The molecule has 2 fully saturated rings. The van der Waals surface area contributed by atoms with Gasteiger partial charge in [0.25, 0.3) is 5.69 Å². The molecule has 0 radical (unpaired) electrons. The third-order valence-corrected chi connectivity index (χ3v) is 14.4. The molecular formula is C57H61N3O12. The topological polar surface area (TPSA) is 189 Å². The van der Waals surface area contributed by atoms with Crippen LogP contribution in [0.4, 0.5) is 10.5 Å². The molecule has 0 aromatic heterocycles. The van der Waals surface area contributed by atoms with Gasteiger partial charge in [-0.25, -0.2) is 4.79 Å². The molecule has 4 aliphatic rings. The molecule has 15 heteroatoms. The highest BCUT2D eigenvalue weighted by molar-refractivity contribution is 6.03. The third kappa shape index (κ3) is 10.8. The number of allylic oxidation sites excluding steroid dienone is 1. The minimum absolute atomic E-state index is 0.0277. The molecule has 7 unspecified atom stereocenters. The lowest BCUT2D eigenvalue weighted by Gasteiger charge is -2.59. The van der Waals surface area contributed by atoms with Crippen LogP contribution < -0.4 is 14.2 Å². The Bertz CT molecular complexity index is 2780. The second kappa shape index (κ2) is 23.1. The number of non-ortho nitro benzene ring substituents is 1. The number of fused-ring (bicyclic) bond motifs is 3. The molecular weight excluding hydrogens is 919 g/mol. The van der Waals surface area contributed by atoms with Crippen LogP contribution in [0.5, 0.6) is 23.0 Å². The smallest absolute Gasteiger partial charge is 0.416 e. The summed E-state index contributed by atoms with van der Waals surface area (Å²) in [6.07, 6.45) is 10.1. The van der Waals surface area contributed by atoms with Gasteiger partial charge in [0.05, 0.1) is 36.3 Å². The van der Waals surface area contributed by atoms with Crippen LogP contribution in [-0.2, 0) is 20.9 Å². The fourth-order valence-corrected chi connectivity index (χ4v) is 11.1. The highest BCUT2D eigenvalue weighted by Crippen LogP contribution is 2.62. The monoisotopic (exact) mass is 979 g/mol. The van der Waals surface area contributed by atoms with Crippen molar-refractivity contribution in [3.8, 4) is 23.0 Å². The van der Waals surface area contributed by atoms with Gasteiger partial charge in [-0.3, -0.25) is 19.8 Å². The van der Waals surface area contributed by atoms with Gasteiger partial charge < -0.3 is 38.7 Å². The van der Waals surface area contributed by atoms with Crippen molar-refractivity contribution in [2.75, 3.05) is 26.4 Å². The van der Waals surface area contributed by atoms with Gasteiger partial charge in [-0.05, 0) is 115 Å². The predicted molar refractivity (Wildman–Crippen MR) is 270 cm³/mol. The number of nitrogens with zero attached hydrogens (tertiary/aromatic N) is 3. The van der Waals surface area contributed by atoms with Crippen molar-refractivity contribution in [1.29, 1.82) is 0 Å². The number of nitro groups is 1. The Hall–Kier alpha value is -6.91. The summed E-state index contributed by atoms with van der Waals surface area (Å²) in [6.45, 7) is 4.75. The molecule has 2 aliphatic carbocycles. The maximum absolute atomic E-state index is 15.4. The lowest BCUT2D eigenvalue weighted by atomic mass is 9.55. The average Bonchev–Trinajstić information content (AvgIpc) is 3.40. The first kappa shape index (κ1) is 50.0. The number of rotatable bonds is 21. The molecule has 72 heavy (non-hydrogen) atoms. The van der Waals surface area contributed by atoms with Gasteiger partial charge in [-0.2, -0.15) is 0 Å². The van der Waals surface area contributed by atoms with E-state index in [9.17, 15) is 25.1 Å². The highest BCUT2D eigenvalue weighted by Gasteiger charge is 2.66. The number of ether oxygens (including phenoxy) is 5. The molecule has 2 heterocycles. The van der Waals surface area contributed by atoms with E-state index in [1.807, 2.05) is 60.7 Å². The maximum Gasteiger partial charge on any atom is 0.416 e.